The first kappa shape index (κ1) is 11.8. The molecule has 0 aliphatic carbocycles. The molecule has 0 radical (unpaired) electrons. The van der Waals surface area contributed by atoms with E-state index in [1.165, 1.54) is 0 Å². The number of hydrogen-bond donors (Lipinski definition) is 1. The van der Waals surface area contributed by atoms with Crippen molar-refractivity contribution in [1.29, 1.82) is 0 Å². The van der Waals surface area contributed by atoms with E-state index in [-0.39, 0.29) is 5.78 Å². The summed E-state index contributed by atoms with van der Waals surface area (Å²) in [5.41, 5.74) is 1.64. The van der Waals surface area contributed by atoms with Gasteiger partial charge in [0.25, 0.3) is 0 Å². The monoisotopic (exact) mass is 257 g/mol. The van der Waals surface area contributed by atoms with Gasteiger partial charge in [-0.2, -0.15) is 0 Å². The van der Waals surface area contributed by atoms with Gasteiger partial charge in [-0.3, -0.25) is 14.4 Å². The number of ketones is 1. The minimum absolute atomic E-state index is 0.0376. The average Bonchev–Trinajstić information content (AvgIpc) is 3.04. The lowest BCUT2D eigenvalue weighted by Crippen LogP contribution is -2.25. The molecule has 1 aromatic carbocycles. The van der Waals surface area contributed by atoms with Gasteiger partial charge in [-0.1, -0.05) is 0 Å². The summed E-state index contributed by atoms with van der Waals surface area (Å²) in [7, 11) is 1.62. The summed E-state index contributed by atoms with van der Waals surface area (Å²) in [6, 6.07) is 5.72. The van der Waals surface area contributed by atoms with Crippen molar-refractivity contribution in [2.24, 2.45) is 4.99 Å². The van der Waals surface area contributed by atoms with E-state index < -0.39 is 0 Å². The van der Waals surface area contributed by atoms with Gasteiger partial charge in [0.2, 0.25) is 5.96 Å². The minimum atomic E-state index is 0.0376. The van der Waals surface area contributed by atoms with Gasteiger partial charge in [0.15, 0.2) is 5.78 Å². The number of hydrogen-bond acceptors (Lipinski definition) is 4. The Morgan fingerprint density at radius 1 is 1.47 bits per heavy atom. The Balaban J connectivity index is 2.26. The molecule has 0 saturated heterocycles. The van der Waals surface area contributed by atoms with Crippen LogP contribution in [-0.4, -0.2) is 36.5 Å². The molecule has 0 bridgehead atoms. The molecule has 3 rings (SSSR count). The van der Waals surface area contributed by atoms with Crippen LogP contribution >= 0.6 is 0 Å². The molecule has 0 fully saturated rings. The van der Waals surface area contributed by atoms with Crippen LogP contribution in [0.3, 0.4) is 0 Å². The van der Waals surface area contributed by atoms with Crippen molar-refractivity contribution in [2.75, 3.05) is 20.2 Å². The zero-order valence-corrected chi connectivity index (χ0v) is 10.9. The second-order valence-corrected chi connectivity index (χ2v) is 4.48. The van der Waals surface area contributed by atoms with Gasteiger partial charge in [-0.25, -0.2) is 0 Å². The number of aliphatic imine (C=N–C) groups is 1. The lowest BCUT2D eigenvalue weighted by molar-refractivity contribution is 0.101. The number of ether oxygens (including phenoxy) is 1. The number of benzene rings is 1. The highest BCUT2D eigenvalue weighted by Gasteiger charge is 2.17. The molecule has 2 heterocycles. The smallest absolute Gasteiger partial charge is 0.202 e. The van der Waals surface area contributed by atoms with Gasteiger partial charge in [-0.05, 0) is 25.1 Å². The first-order valence-electron chi connectivity index (χ1n) is 6.19. The molecule has 1 aromatic heterocycles. The van der Waals surface area contributed by atoms with Crippen LogP contribution in [0.2, 0.25) is 0 Å². The van der Waals surface area contributed by atoms with Crippen LogP contribution in [0.15, 0.2) is 29.4 Å². The number of rotatable bonds is 2. The lowest BCUT2D eigenvalue weighted by Gasteiger charge is -2.05. The average molecular weight is 257 g/mol. The first-order chi connectivity index (χ1) is 9.20. The number of nitrogens with zero attached hydrogens (tertiary/aromatic N) is 2. The summed E-state index contributed by atoms with van der Waals surface area (Å²) in [6.07, 6.45) is 1.84. The Hall–Kier alpha value is -2.30. The first-order valence-corrected chi connectivity index (χ1v) is 6.19. The summed E-state index contributed by atoms with van der Waals surface area (Å²) in [5, 5.41) is 4.11. The quantitative estimate of drug-likeness (QED) is 0.832. The highest BCUT2D eigenvalue weighted by Crippen LogP contribution is 2.26. The molecule has 0 unspecified atom stereocenters. The van der Waals surface area contributed by atoms with Crippen LogP contribution in [0.25, 0.3) is 10.9 Å². The molecule has 2 aromatic rings. The Morgan fingerprint density at radius 2 is 2.32 bits per heavy atom. The van der Waals surface area contributed by atoms with E-state index in [2.05, 4.69) is 10.3 Å². The fourth-order valence-corrected chi connectivity index (χ4v) is 2.34. The van der Waals surface area contributed by atoms with Gasteiger partial charge in [0.1, 0.15) is 5.75 Å². The maximum atomic E-state index is 11.8. The second kappa shape index (κ2) is 4.42. The topological polar surface area (TPSA) is 55.6 Å². The van der Waals surface area contributed by atoms with Gasteiger partial charge >= 0.3 is 0 Å². The predicted octanol–water partition coefficient (Wildman–Crippen LogP) is 1.66. The molecule has 1 N–H and O–H groups in total. The van der Waals surface area contributed by atoms with Crippen LogP contribution in [0.4, 0.5) is 0 Å². The predicted molar refractivity (Wildman–Crippen MR) is 74.2 cm³/mol. The molecule has 0 saturated carbocycles. The Labute approximate surface area is 110 Å². The lowest BCUT2D eigenvalue weighted by atomic mass is 10.1. The number of fused-ring (bicyclic) bond motifs is 1. The largest absolute Gasteiger partial charge is 0.497 e. The molecular formula is C14H15N3O2. The maximum absolute atomic E-state index is 11.8. The second-order valence-electron chi connectivity index (χ2n) is 4.48. The Morgan fingerprint density at radius 3 is 2.95 bits per heavy atom. The van der Waals surface area contributed by atoms with Crippen LogP contribution in [0.5, 0.6) is 5.75 Å². The standard InChI is InChI=1S/C14H15N3O2/c1-9(18)12-8-17(14-15-5-6-16-14)13-4-3-10(19-2)7-11(12)13/h3-4,7-8H,5-6H2,1-2H3,(H,15,16). The molecule has 1 aliphatic heterocycles. The third-order valence-electron chi connectivity index (χ3n) is 3.28. The molecule has 0 amide bonds. The van der Waals surface area contributed by atoms with Crippen LogP contribution < -0.4 is 10.1 Å². The van der Waals surface area contributed by atoms with Crippen LogP contribution in [0, 0.1) is 0 Å². The molecule has 1 aliphatic rings. The van der Waals surface area contributed by atoms with Gasteiger partial charge in [-0.15, -0.1) is 0 Å². The number of carbonyl (C=O) groups excluding carboxylic acids is 1. The maximum Gasteiger partial charge on any atom is 0.202 e. The third kappa shape index (κ3) is 1.87. The molecule has 0 atom stereocenters. The molecule has 98 valence electrons. The van der Waals surface area contributed by atoms with Gasteiger partial charge < -0.3 is 10.1 Å². The third-order valence-corrected chi connectivity index (χ3v) is 3.28. The summed E-state index contributed by atoms with van der Waals surface area (Å²) >= 11 is 0. The summed E-state index contributed by atoms with van der Waals surface area (Å²) < 4.78 is 7.15. The number of Topliss-reactive ketones (excluding diaryl/α,β-unsaturated/α-hetero) is 1. The Bertz CT molecular complexity index is 685. The summed E-state index contributed by atoms with van der Waals surface area (Å²) in [5.74, 6) is 1.58. The zero-order valence-electron chi connectivity index (χ0n) is 10.9. The highest BCUT2D eigenvalue weighted by atomic mass is 16.5. The van der Waals surface area contributed by atoms with Gasteiger partial charge in [0.05, 0.1) is 19.2 Å². The SMILES string of the molecule is COc1ccc2c(c1)c(C(C)=O)cn2C1=NCCN1. The molecule has 5 nitrogen and oxygen atoms in total. The van der Waals surface area contributed by atoms with E-state index in [4.69, 9.17) is 4.74 Å². The van der Waals surface area contributed by atoms with Gasteiger partial charge in [0, 0.05) is 23.7 Å². The normalized spacial score (nSPS) is 14.3. The number of carbonyl (C=O) groups is 1. The fraction of sp³-hybridized carbons (Fsp3) is 0.286. The molecular weight excluding hydrogens is 242 g/mol. The van der Waals surface area contributed by atoms with Crippen molar-refractivity contribution in [3.8, 4) is 5.75 Å². The number of aromatic nitrogens is 1. The molecule has 5 heteroatoms. The number of nitrogens with one attached hydrogen (secondary N) is 1. The minimum Gasteiger partial charge on any atom is -0.497 e. The molecule has 19 heavy (non-hydrogen) atoms. The van der Waals surface area contributed by atoms with Crippen molar-refractivity contribution in [3.63, 3.8) is 0 Å². The van der Waals surface area contributed by atoms with Crippen LogP contribution in [-0.2, 0) is 0 Å². The van der Waals surface area contributed by atoms with E-state index in [1.807, 2.05) is 29.0 Å². The summed E-state index contributed by atoms with van der Waals surface area (Å²) in [6.45, 7) is 3.17. The van der Waals surface area contributed by atoms with Crippen LogP contribution in [0.1, 0.15) is 17.3 Å². The van der Waals surface area contributed by atoms with Crippen molar-refractivity contribution in [3.05, 3.63) is 30.0 Å². The van der Waals surface area contributed by atoms with Crippen molar-refractivity contribution in [1.82, 2.24) is 9.88 Å². The fourth-order valence-electron chi connectivity index (χ4n) is 2.34. The highest BCUT2D eigenvalue weighted by molar-refractivity contribution is 6.10. The Kier molecular flexibility index (Phi) is 2.74. The van der Waals surface area contributed by atoms with Crippen molar-refractivity contribution >= 4 is 22.6 Å². The van der Waals surface area contributed by atoms with E-state index in [9.17, 15) is 4.79 Å². The molecule has 0 spiro atoms. The summed E-state index contributed by atoms with van der Waals surface area (Å²) in [4.78, 5) is 16.2. The number of methoxy groups -OCH3 is 1. The van der Waals surface area contributed by atoms with E-state index in [1.54, 1.807) is 14.0 Å². The zero-order chi connectivity index (χ0) is 13.4. The van der Waals surface area contributed by atoms with Crippen molar-refractivity contribution < 1.29 is 9.53 Å². The van der Waals surface area contributed by atoms with Crippen molar-refractivity contribution in [2.45, 2.75) is 6.92 Å². The van der Waals surface area contributed by atoms with E-state index in [0.717, 1.165) is 35.7 Å². The van der Waals surface area contributed by atoms with E-state index in [0.29, 0.717) is 5.56 Å². The van der Waals surface area contributed by atoms with E-state index >= 15 is 0 Å².